The second kappa shape index (κ2) is 4.62. The first-order valence-electron chi connectivity index (χ1n) is 5.49. The van der Waals surface area contributed by atoms with Gasteiger partial charge in [-0.1, -0.05) is 12.1 Å². The summed E-state index contributed by atoms with van der Waals surface area (Å²) in [6.45, 7) is 0.424. The molecular weight excluding hydrogens is 246 g/mol. The molecule has 18 heavy (non-hydrogen) atoms. The van der Waals surface area contributed by atoms with E-state index in [1.165, 1.54) is 0 Å². The third kappa shape index (κ3) is 2.12. The maximum atomic E-state index is 5.81. The number of hydrogen-bond donors (Lipinski definition) is 1. The number of nitrogen functional groups attached to an aromatic ring is 1. The van der Waals surface area contributed by atoms with Crippen LogP contribution in [-0.2, 0) is 6.61 Å². The van der Waals surface area contributed by atoms with Gasteiger partial charge in [-0.3, -0.25) is 4.98 Å². The summed E-state index contributed by atoms with van der Waals surface area (Å²) >= 11 is 1.61. The van der Waals surface area contributed by atoms with Gasteiger partial charge < -0.3 is 10.5 Å². The molecule has 4 nitrogen and oxygen atoms in total. The summed E-state index contributed by atoms with van der Waals surface area (Å²) in [4.78, 5) is 8.49. The van der Waals surface area contributed by atoms with Crippen molar-refractivity contribution in [2.24, 2.45) is 0 Å². The third-order valence-electron chi connectivity index (χ3n) is 2.50. The lowest BCUT2D eigenvalue weighted by Crippen LogP contribution is -1.97. The number of ether oxygens (including phenoxy) is 1. The fraction of sp³-hybridized carbons (Fsp3) is 0.0769. The lowest BCUT2D eigenvalue weighted by Gasteiger charge is -2.06. The van der Waals surface area contributed by atoms with Gasteiger partial charge in [0, 0.05) is 6.20 Å². The predicted octanol–water partition coefficient (Wildman–Crippen LogP) is 2.85. The van der Waals surface area contributed by atoms with Crippen molar-refractivity contribution in [3.05, 3.63) is 47.7 Å². The zero-order valence-electron chi connectivity index (χ0n) is 9.54. The van der Waals surface area contributed by atoms with Crippen LogP contribution >= 0.6 is 11.3 Å². The number of aromatic nitrogens is 2. The predicted molar refractivity (Wildman–Crippen MR) is 72.6 cm³/mol. The van der Waals surface area contributed by atoms with Crippen molar-refractivity contribution >= 4 is 27.2 Å². The molecule has 5 heteroatoms. The van der Waals surface area contributed by atoms with Gasteiger partial charge in [0.25, 0.3) is 0 Å². The van der Waals surface area contributed by atoms with E-state index < -0.39 is 0 Å². The fourth-order valence-electron chi connectivity index (χ4n) is 1.64. The zero-order valence-corrected chi connectivity index (χ0v) is 10.4. The normalized spacial score (nSPS) is 10.7. The molecule has 0 aliphatic rings. The number of rotatable bonds is 3. The first-order chi connectivity index (χ1) is 8.83. The number of hydrogen-bond acceptors (Lipinski definition) is 5. The summed E-state index contributed by atoms with van der Waals surface area (Å²) in [5.74, 6) is 0.690. The molecule has 0 aliphatic heterocycles. The molecule has 2 N–H and O–H groups in total. The zero-order chi connectivity index (χ0) is 12.4. The van der Waals surface area contributed by atoms with Crippen LogP contribution in [0.25, 0.3) is 10.2 Å². The Morgan fingerprint density at radius 2 is 2.11 bits per heavy atom. The van der Waals surface area contributed by atoms with E-state index in [0.717, 1.165) is 15.2 Å². The Morgan fingerprint density at radius 3 is 2.94 bits per heavy atom. The largest absolute Gasteiger partial charge is 0.484 e. The van der Waals surface area contributed by atoms with Gasteiger partial charge in [0.2, 0.25) is 0 Å². The highest BCUT2D eigenvalue weighted by molar-refractivity contribution is 7.18. The van der Waals surface area contributed by atoms with Crippen LogP contribution in [0.5, 0.6) is 5.75 Å². The molecule has 0 amide bonds. The van der Waals surface area contributed by atoms with Crippen LogP contribution in [0.1, 0.15) is 5.01 Å². The van der Waals surface area contributed by atoms with Gasteiger partial charge in [-0.05, 0) is 18.2 Å². The maximum absolute atomic E-state index is 5.81. The van der Waals surface area contributed by atoms with E-state index in [2.05, 4.69) is 9.97 Å². The highest BCUT2D eigenvalue weighted by atomic mass is 32.1. The highest BCUT2D eigenvalue weighted by Crippen LogP contribution is 2.24. The Morgan fingerprint density at radius 1 is 1.22 bits per heavy atom. The molecule has 90 valence electrons. The van der Waals surface area contributed by atoms with Crippen LogP contribution in [0.15, 0.2) is 42.7 Å². The molecule has 0 spiro atoms. The summed E-state index contributed by atoms with van der Waals surface area (Å²) in [5, 5.41) is 0.918. The van der Waals surface area contributed by atoms with Crippen LogP contribution in [0.4, 0.5) is 5.69 Å². The number of para-hydroxylation sites is 2. The fourth-order valence-corrected chi connectivity index (χ4v) is 2.49. The van der Waals surface area contributed by atoms with Crippen LogP contribution < -0.4 is 10.5 Å². The van der Waals surface area contributed by atoms with Crippen molar-refractivity contribution in [3.63, 3.8) is 0 Å². The molecule has 0 unspecified atom stereocenters. The molecular formula is C13H11N3OS. The molecule has 0 atom stereocenters. The molecule has 2 aromatic heterocycles. The smallest absolute Gasteiger partial charge is 0.142 e. The van der Waals surface area contributed by atoms with Crippen molar-refractivity contribution < 1.29 is 4.74 Å². The quantitative estimate of drug-likeness (QED) is 0.733. The Balaban J connectivity index is 1.79. The molecule has 2 heterocycles. The molecule has 0 bridgehead atoms. The summed E-state index contributed by atoms with van der Waals surface area (Å²) in [5.41, 5.74) is 7.35. The standard InChI is InChI=1S/C13H11N3OS/c14-9-3-1-2-4-11(9)17-8-13-16-10-7-15-6-5-12(10)18-13/h1-7H,8,14H2. The van der Waals surface area contributed by atoms with Crippen molar-refractivity contribution in [2.75, 3.05) is 5.73 Å². The van der Waals surface area contributed by atoms with Crippen molar-refractivity contribution in [3.8, 4) is 5.75 Å². The number of thiazole rings is 1. The number of fused-ring (bicyclic) bond motifs is 1. The van der Waals surface area contributed by atoms with Crippen LogP contribution in [-0.4, -0.2) is 9.97 Å². The summed E-state index contributed by atoms with van der Waals surface area (Å²) < 4.78 is 6.77. The van der Waals surface area contributed by atoms with Crippen molar-refractivity contribution in [2.45, 2.75) is 6.61 Å². The van der Waals surface area contributed by atoms with Gasteiger partial charge in [-0.25, -0.2) is 4.98 Å². The minimum Gasteiger partial charge on any atom is -0.484 e. The van der Waals surface area contributed by atoms with Gasteiger partial charge in [0.15, 0.2) is 0 Å². The average Bonchev–Trinajstić information content (AvgIpc) is 2.80. The van der Waals surface area contributed by atoms with Crippen LogP contribution in [0.3, 0.4) is 0 Å². The molecule has 0 aliphatic carbocycles. The van der Waals surface area contributed by atoms with E-state index in [9.17, 15) is 0 Å². The first-order valence-corrected chi connectivity index (χ1v) is 6.31. The number of pyridine rings is 1. The van der Waals surface area contributed by atoms with E-state index in [0.29, 0.717) is 18.0 Å². The lowest BCUT2D eigenvalue weighted by atomic mass is 10.3. The Kier molecular flexibility index (Phi) is 2.82. The minimum absolute atomic E-state index is 0.424. The first kappa shape index (κ1) is 11.0. The van der Waals surface area contributed by atoms with Gasteiger partial charge in [0.05, 0.1) is 22.1 Å². The van der Waals surface area contributed by atoms with Crippen molar-refractivity contribution in [1.82, 2.24) is 9.97 Å². The molecule has 3 aromatic rings. The Labute approximate surface area is 108 Å². The highest BCUT2D eigenvalue weighted by Gasteiger charge is 2.05. The molecule has 0 fully saturated rings. The molecule has 0 radical (unpaired) electrons. The average molecular weight is 257 g/mol. The van der Waals surface area contributed by atoms with E-state index in [1.807, 2.05) is 30.3 Å². The third-order valence-corrected chi connectivity index (χ3v) is 3.51. The number of nitrogens with zero attached hydrogens (tertiary/aromatic N) is 2. The van der Waals surface area contributed by atoms with E-state index >= 15 is 0 Å². The van der Waals surface area contributed by atoms with Crippen LogP contribution in [0.2, 0.25) is 0 Å². The molecule has 0 saturated carbocycles. The Hall–Kier alpha value is -2.14. The molecule has 1 aromatic carbocycles. The Bertz CT molecular complexity index is 648. The van der Waals surface area contributed by atoms with E-state index in [-0.39, 0.29) is 0 Å². The van der Waals surface area contributed by atoms with Gasteiger partial charge in [0.1, 0.15) is 17.4 Å². The number of benzene rings is 1. The SMILES string of the molecule is Nc1ccccc1OCc1nc2cnccc2s1. The summed E-state index contributed by atoms with van der Waals surface area (Å²) in [6, 6.07) is 9.40. The van der Waals surface area contributed by atoms with E-state index in [1.54, 1.807) is 23.7 Å². The summed E-state index contributed by atoms with van der Waals surface area (Å²) in [7, 11) is 0. The maximum Gasteiger partial charge on any atom is 0.142 e. The monoisotopic (exact) mass is 257 g/mol. The van der Waals surface area contributed by atoms with Crippen molar-refractivity contribution in [1.29, 1.82) is 0 Å². The van der Waals surface area contributed by atoms with E-state index in [4.69, 9.17) is 10.5 Å². The summed E-state index contributed by atoms with van der Waals surface area (Å²) in [6.07, 6.45) is 3.52. The number of nitrogens with two attached hydrogens (primary N) is 1. The lowest BCUT2D eigenvalue weighted by molar-refractivity contribution is 0.307. The van der Waals surface area contributed by atoms with Gasteiger partial charge in [-0.15, -0.1) is 11.3 Å². The van der Waals surface area contributed by atoms with Gasteiger partial charge >= 0.3 is 0 Å². The second-order valence-corrected chi connectivity index (χ2v) is 4.89. The molecule has 3 rings (SSSR count). The number of anilines is 1. The van der Waals surface area contributed by atoms with Gasteiger partial charge in [-0.2, -0.15) is 0 Å². The second-order valence-electron chi connectivity index (χ2n) is 3.78. The topological polar surface area (TPSA) is 61.0 Å². The van der Waals surface area contributed by atoms with Crippen LogP contribution in [0, 0.1) is 0 Å². The minimum atomic E-state index is 0.424. The molecule has 0 saturated heterocycles.